The average Bonchev–Trinajstić information content (AvgIpc) is 1.90. The van der Waals surface area contributed by atoms with E-state index in [1.807, 2.05) is 13.0 Å². The van der Waals surface area contributed by atoms with Crippen molar-refractivity contribution < 1.29 is 0 Å². The van der Waals surface area contributed by atoms with Crippen molar-refractivity contribution in [3.8, 4) is 0 Å². The maximum absolute atomic E-state index is 3.91. The summed E-state index contributed by atoms with van der Waals surface area (Å²) in [6.07, 6.45) is 7.82. The predicted molar refractivity (Wildman–Crippen MR) is 39.1 cm³/mol. The van der Waals surface area contributed by atoms with Crippen LogP contribution in [0, 0.1) is 6.42 Å². The van der Waals surface area contributed by atoms with E-state index in [-0.39, 0.29) is 5.54 Å². The summed E-state index contributed by atoms with van der Waals surface area (Å²) in [4.78, 5) is 0. The number of nitrogens with one attached hydrogen (secondary N) is 1. The minimum Gasteiger partial charge on any atom is -0.300 e. The van der Waals surface area contributed by atoms with Gasteiger partial charge in [0.2, 0.25) is 0 Å². The Morgan fingerprint density at radius 3 is 2.78 bits per heavy atom. The molecule has 0 saturated heterocycles. The largest absolute Gasteiger partial charge is 0.300 e. The van der Waals surface area contributed by atoms with Crippen LogP contribution < -0.4 is 5.43 Å². The number of hydrogen-bond donors (Lipinski definition) is 1. The minimum absolute atomic E-state index is 0.0330. The molecule has 1 unspecified atom stereocenters. The molecule has 49 valence electrons. The third-order valence-electron chi connectivity index (χ3n) is 1.51. The van der Waals surface area contributed by atoms with E-state index in [0.29, 0.717) is 0 Å². The van der Waals surface area contributed by atoms with Gasteiger partial charge in [-0.15, -0.1) is 0 Å². The van der Waals surface area contributed by atoms with Crippen molar-refractivity contribution in [1.29, 1.82) is 0 Å². The first kappa shape index (κ1) is 6.33. The van der Waals surface area contributed by atoms with E-state index in [9.17, 15) is 0 Å². The molecular formula is C7H11N2. The van der Waals surface area contributed by atoms with Crippen LogP contribution >= 0.6 is 0 Å². The van der Waals surface area contributed by atoms with Crippen molar-refractivity contribution in [2.45, 2.75) is 19.4 Å². The monoisotopic (exact) mass is 123 g/mol. The van der Waals surface area contributed by atoms with E-state index >= 15 is 0 Å². The molecule has 0 bridgehead atoms. The zero-order valence-electron chi connectivity index (χ0n) is 5.76. The molecule has 1 atom stereocenters. The molecule has 0 aliphatic carbocycles. The highest BCUT2D eigenvalue weighted by molar-refractivity contribution is 5.72. The fourth-order valence-electron chi connectivity index (χ4n) is 0.660. The van der Waals surface area contributed by atoms with Gasteiger partial charge in [0.15, 0.2) is 0 Å². The number of hydrogen-bond acceptors (Lipinski definition) is 2. The van der Waals surface area contributed by atoms with Crippen LogP contribution in [0.15, 0.2) is 17.3 Å². The van der Waals surface area contributed by atoms with Crippen LogP contribution in [0.3, 0.4) is 0 Å². The minimum atomic E-state index is -0.0330. The van der Waals surface area contributed by atoms with Gasteiger partial charge < -0.3 is 5.43 Å². The second kappa shape index (κ2) is 2.21. The second-order valence-corrected chi connectivity index (χ2v) is 2.32. The summed E-state index contributed by atoms with van der Waals surface area (Å²) in [5.41, 5.74) is 2.94. The molecule has 9 heavy (non-hydrogen) atoms. The van der Waals surface area contributed by atoms with E-state index in [1.165, 1.54) is 0 Å². The van der Waals surface area contributed by atoms with E-state index in [4.69, 9.17) is 0 Å². The molecule has 1 radical (unpaired) electrons. The molecule has 0 aromatic heterocycles. The number of rotatable bonds is 1. The molecule has 1 aliphatic rings. The predicted octanol–water partition coefficient (Wildman–Crippen LogP) is 1.11. The Kier molecular flexibility index (Phi) is 1.56. The zero-order chi connectivity index (χ0) is 6.74. The first-order chi connectivity index (χ1) is 4.27. The summed E-state index contributed by atoms with van der Waals surface area (Å²) in [7, 11) is 0. The van der Waals surface area contributed by atoms with E-state index in [0.717, 1.165) is 0 Å². The molecule has 1 rings (SSSR count). The molecule has 1 aliphatic heterocycles. The Hall–Kier alpha value is -0.790. The fourth-order valence-corrected chi connectivity index (χ4v) is 0.660. The van der Waals surface area contributed by atoms with Gasteiger partial charge in [-0.05, 0) is 19.4 Å². The Bertz CT molecular complexity index is 149. The number of hydrazone groups is 1. The third kappa shape index (κ3) is 1.31. The van der Waals surface area contributed by atoms with Crippen LogP contribution in [-0.2, 0) is 0 Å². The summed E-state index contributed by atoms with van der Waals surface area (Å²) in [6, 6.07) is 0. The topological polar surface area (TPSA) is 24.4 Å². The molecule has 1 N–H and O–H groups in total. The maximum Gasteiger partial charge on any atom is 0.0732 e. The van der Waals surface area contributed by atoms with Crippen molar-refractivity contribution in [2.24, 2.45) is 5.10 Å². The Balaban J connectivity index is 2.63. The summed E-state index contributed by atoms with van der Waals surface area (Å²) >= 11 is 0. The van der Waals surface area contributed by atoms with Gasteiger partial charge in [-0.25, -0.2) is 0 Å². The van der Waals surface area contributed by atoms with E-state index < -0.39 is 0 Å². The van der Waals surface area contributed by atoms with Gasteiger partial charge in [-0.3, -0.25) is 0 Å². The molecule has 0 amide bonds. The molecule has 0 aromatic carbocycles. The quantitative estimate of drug-likeness (QED) is 0.555. The van der Waals surface area contributed by atoms with Gasteiger partial charge in [0, 0.05) is 6.21 Å². The Morgan fingerprint density at radius 1 is 1.67 bits per heavy atom. The van der Waals surface area contributed by atoms with Crippen molar-refractivity contribution in [3.05, 3.63) is 18.6 Å². The van der Waals surface area contributed by atoms with Crippen LogP contribution in [0.5, 0.6) is 0 Å². The van der Waals surface area contributed by atoms with Gasteiger partial charge in [-0.2, -0.15) is 5.10 Å². The highest BCUT2D eigenvalue weighted by Crippen LogP contribution is 2.10. The van der Waals surface area contributed by atoms with Crippen LogP contribution in [-0.4, -0.2) is 11.8 Å². The maximum atomic E-state index is 3.91. The zero-order valence-corrected chi connectivity index (χ0v) is 5.76. The Labute approximate surface area is 55.6 Å². The Morgan fingerprint density at radius 2 is 2.44 bits per heavy atom. The number of nitrogens with zero attached hydrogens (tertiary/aromatic N) is 1. The van der Waals surface area contributed by atoms with E-state index in [2.05, 4.69) is 29.9 Å². The van der Waals surface area contributed by atoms with Crippen LogP contribution in [0.4, 0.5) is 0 Å². The molecule has 2 nitrogen and oxygen atoms in total. The van der Waals surface area contributed by atoms with Gasteiger partial charge in [0.05, 0.1) is 5.54 Å². The molecule has 1 heterocycles. The lowest BCUT2D eigenvalue weighted by Gasteiger charge is -2.24. The first-order valence-electron chi connectivity index (χ1n) is 3.05. The van der Waals surface area contributed by atoms with Crippen molar-refractivity contribution in [2.75, 3.05) is 0 Å². The highest BCUT2D eigenvalue weighted by atomic mass is 15.3. The summed E-state index contributed by atoms with van der Waals surface area (Å²) in [6.45, 7) is 4.08. The molecule has 0 fully saturated rings. The lowest BCUT2D eigenvalue weighted by atomic mass is 9.99. The molecular weight excluding hydrogens is 112 g/mol. The standard InChI is InChI=1S/C7H11N2/c1-3-7(2)5-4-6-8-9-7/h3-6,9H,1-2H3. The molecule has 0 saturated carbocycles. The summed E-state index contributed by atoms with van der Waals surface area (Å²) in [5.74, 6) is 0. The van der Waals surface area contributed by atoms with Crippen molar-refractivity contribution in [1.82, 2.24) is 5.43 Å². The second-order valence-electron chi connectivity index (χ2n) is 2.32. The molecule has 0 aromatic rings. The van der Waals surface area contributed by atoms with Gasteiger partial charge in [0.25, 0.3) is 0 Å². The number of allylic oxidation sites excluding steroid dienone is 1. The average molecular weight is 123 g/mol. The third-order valence-corrected chi connectivity index (χ3v) is 1.51. The van der Waals surface area contributed by atoms with Gasteiger partial charge in [-0.1, -0.05) is 13.0 Å². The summed E-state index contributed by atoms with van der Waals surface area (Å²) < 4.78 is 0. The van der Waals surface area contributed by atoms with Gasteiger partial charge in [0.1, 0.15) is 0 Å². The van der Waals surface area contributed by atoms with Crippen LogP contribution in [0.2, 0.25) is 0 Å². The van der Waals surface area contributed by atoms with Gasteiger partial charge >= 0.3 is 0 Å². The van der Waals surface area contributed by atoms with Crippen molar-refractivity contribution >= 4 is 6.21 Å². The fraction of sp³-hybridized carbons (Fsp3) is 0.429. The molecule has 2 heteroatoms. The highest BCUT2D eigenvalue weighted by Gasteiger charge is 2.17. The van der Waals surface area contributed by atoms with Crippen molar-refractivity contribution in [3.63, 3.8) is 0 Å². The first-order valence-corrected chi connectivity index (χ1v) is 3.05. The lowest BCUT2D eigenvalue weighted by Crippen LogP contribution is -2.38. The smallest absolute Gasteiger partial charge is 0.0732 e. The van der Waals surface area contributed by atoms with Crippen LogP contribution in [0.1, 0.15) is 13.8 Å². The van der Waals surface area contributed by atoms with Crippen LogP contribution in [0.25, 0.3) is 0 Å². The molecule has 0 spiro atoms. The normalized spacial score (nSPS) is 32.2. The van der Waals surface area contributed by atoms with E-state index in [1.54, 1.807) is 6.21 Å². The SMILES string of the molecule is C[CH]C1(C)C=CC=NN1. The summed E-state index contributed by atoms with van der Waals surface area (Å²) in [5, 5.41) is 3.91. The lowest BCUT2D eigenvalue weighted by molar-refractivity contribution is 0.511.